The van der Waals surface area contributed by atoms with Crippen LogP contribution < -0.4 is 0 Å². The summed E-state index contributed by atoms with van der Waals surface area (Å²) in [7, 11) is 0. The maximum atomic E-state index is 13.8. The molecule has 0 amide bonds. The molecule has 0 N–H and O–H groups in total. The highest BCUT2D eigenvalue weighted by Gasteiger charge is 2.16. The molecule has 3 nitrogen and oxygen atoms in total. The molecule has 0 aliphatic carbocycles. The second kappa shape index (κ2) is 9.08. The van der Waals surface area contributed by atoms with Gasteiger partial charge in [-0.25, -0.2) is 9.37 Å². The maximum absolute atomic E-state index is 13.8. The predicted molar refractivity (Wildman–Crippen MR) is 103 cm³/mol. The molecule has 0 bridgehead atoms. The molecule has 0 unspecified atom stereocenters. The Labute approximate surface area is 158 Å². The number of aryl methyl sites for hydroxylation is 1. The molecule has 0 spiro atoms. The maximum Gasteiger partial charge on any atom is 0.127 e. The number of rotatable bonds is 6. The minimum absolute atomic E-state index is 0.187. The second-order valence-electron chi connectivity index (χ2n) is 6.63. The van der Waals surface area contributed by atoms with E-state index in [1.807, 2.05) is 0 Å². The van der Waals surface area contributed by atoms with Crippen molar-refractivity contribution in [2.75, 3.05) is 32.7 Å². The van der Waals surface area contributed by atoms with Crippen LogP contribution in [0.1, 0.15) is 29.1 Å². The fourth-order valence-corrected chi connectivity index (χ4v) is 4.23. The van der Waals surface area contributed by atoms with Crippen LogP contribution in [-0.4, -0.2) is 47.5 Å². The SMILES string of the molecule is Cc1nc(CN2CCCN(CCCc3c(F)cccc3Cl)CC2)cs1. The van der Waals surface area contributed by atoms with Crippen LogP contribution in [-0.2, 0) is 13.0 Å². The van der Waals surface area contributed by atoms with Crippen LogP contribution in [0.15, 0.2) is 23.6 Å². The van der Waals surface area contributed by atoms with Crippen LogP contribution in [0.4, 0.5) is 4.39 Å². The number of aromatic nitrogens is 1. The highest BCUT2D eigenvalue weighted by molar-refractivity contribution is 7.09. The number of benzene rings is 1. The second-order valence-corrected chi connectivity index (χ2v) is 8.10. The molecule has 2 aromatic rings. The summed E-state index contributed by atoms with van der Waals surface area (Å²) in [6.07, 6.45) is 2.80. The van der Waals surface area contributed by atoms with Gasteiger partial charge in [0.15, 0.2) is 0 Å². The molecule has 3 rings (SSSR count). The van der Waals surface area contributed by atoms with E-state index in [1.54, 1.807) is 23.5 Å². The van der Waals surface area contributed by atoms with Gasteiger partial charge in [-0.3, -0.25) is 4.90 Å². The lowest BCUT2D eigenvalue weighted by atomic mass is 10.1. The van der Waals surface area contributed by atoms with Gasteiger partial charge in [0.05, 0.1) is 10.7 Å². The predicted octanol–water partition coefficient (Wildman–Crippen LogP) is 4.38. The van der Waals surface area contributed by atoms with Gasteiger partial charge in [-0.2, -0.15) is 0 Å². The molecule has 1 aliphatic rings. The van der Waals surface area contributed by atoms with Crippen molar-refractivity contribution in [3.05, 3.63) is 50.7 Å². The molecule has 1 aromatic carbocycles. The van der Waals surface area contributed by atoms with Crippen molar-refractivity contribution in [3.8, 4) is 0 Å². The lowest BCUT2D eigenvalue weighted by Gasteiger charge is -2.21. The van der Waals surface area contributed by atoms with Crippen molar-refractivity contribution >= 4 is 22.9 Å². The summed E-state index contributed by atoms with van der Waals surface area (Å²) >= 11 is 7.83. The zero-order chi connectivity index (χ0) is 17.6. The van der Waals surface area contributed by atoms with Gasteiger partial charge in [-0.05, 0) is 58.0 Å². The van der Waals surface area contributed by atoms with Gasteiger partial charge in [0.25, 0.3) is 0 Å². The molecular weight excluding hydrogens is 357 g/mol. The van der Waals surface area contributed by atoms with Crippen molar-refractivity contribution in [2.24, 2.45) is 0 Å². The average molecular weight is 382 g/mol. The Bertz CT molecular complexity index is 671. The van der Waals surface area contributed by atoms with Crippen molar-refractivity contribution in [1.82, 2.24) is 14.8 Å². The summed E-state index contributed by atoms with van der Waals surface area (Å²) in [5.41, 5.74) is 1.84. The molecule has 25 heavy (non-hydrogen) atoms. The van der Waals surface area contributed by atoms with Gasteiger partial charge in [0, 0.05) is 35.6 Å². The zero-order valence-corrected chi connectivity index (χ0v) is 16.3. The molecule has 1 aromatic heterocycles. The number of hydrogen-bond acceptors (Lipinski definition) is 4. The van der Waals surface area contributed by atoms with E-state index in [2.05, 4.69) is 27.1 Å². The normalized spacial score (nSPS) is 16.9. The van der Waals surface area contributed by atoms with E-state index in [-0.39, 0.29) is 5.82 Å². The lowest BCUT2D eigenvalue weighted by Crippen LogP contribution is -2.31. The van der Waals surface area contributed by atoms with E-state index in [0.29, 0.717) is 17.0 Å². The summed E-state index contributed by atoms with van der Waals surface area (Å²) in [5, 5.41) is 3.84. The Morgan fingerprint density at radius 2 is 2.00 bits per heavy atom. The minimum Gasteiger partial charge on any atom is -0.302 e. The highest BCUT2D eigenvalue weighted by Crippen LogP contribution is 2.20. The van der Waals surface area contributed by atoms with E-state index < -0.39 is 0 Å². The minimum atomic E-state index is -0.187. The monoisotopic (exact) mass is 381 g/mol. The standard InChI is InChI=1S/C19H25ClFN3S/c1-15-22-16(14-25-15)13-24-10-4-9-23(11-12-24)8-3-5-17-18(20)6-2-7-19(17)21/h2,6-7,14H,3-5,8-13H2,1H3. The molecule has 0 saturated carbocycles. The zero-order valence-electron chi connectivity index (χ0n) is 14.7. The molecule has 6 heteroatoms. The summed E-state index contributed by atoms with van der Waals surface area (Å²) in [4.78, 5) is 9.54. The van der Waals surface area contributed by atoms with Crippen molar-refractivity contribution in [3.63, 3.8) is 0 Å². The highest BCUT2D eigenvalue weighted by atomic mass is 35.5. The van der Waals surface area contributed by atoms with Gasteiger partial charge < -0.3 is 4.90 Å². The summed E-state index contributed by atoms with van der Waals surface area (Å²) in [6.45, 7) is 8.35. The Morgan fingerprint density at radius 3 is 2.76 bits per heavy atom. The summed E-state index contributed by atoms with van der Waals surface area (Å²) < 4.78 is 13.8. The topological polar surface area (TPSA) is 19.4 Å². The summed E-state index contributed by atoms with van der Waals surface area (Å²) in [6, 6.07) is 4.92. The van der Waals surface area contributed by atoms with Crippen molar-refractivity contribution in [1.29, 1.82) is 0 Å². The number of thiazole rings is 1. The van der Waals surface area contributed by atoms with Gasteiger partial charge in [0.1, 0.15) is 5.82 Å². The molecule has 2 heterocycles. The Balaban J connectivity index is 1.44. The van der Waals surface area contributed by atoms with Gasteiger partial charge in [-0.15, -0.1) is 11.3 Å². The largest absolute Gasteiger partial charge is 0.302 e. The van der Waals surface area contributed by atoms with Gasteiger partial charge >= 0.3 is 0 Å². The quantitative estimate of drug-likeness (QED) is 0.740. The van der Waals surface area contributed by atoms with E-state index in [9.17, 15) is 4.39 Å². The average Bonchev–Trinajstić information content (AvgIpc) is 2.86. The fraction of sp³-hybridized carbons (Fsp3) is 0.526. The first-order valence-electron chi connectivity index (χ1n) is 8.90. The molecule has 136 valence electrons. The summed E-state index contributed by atoms with van der Waals surface area (Å²) in [5.74, 6) is -0.187. The van der Waals surface area contributed by atoms with E-state index in [1.165, 1.54) is 18.2 Å². The Morgan fingerprint density at radius 1 is 1.20 bits per heavy atom. The third-order valence-electron chi connectivity index (χ3n) is 4.70. The number of halogens is 2. The first-order valence-corrected chi connectivity index (χ1v) is 10.2. The molecule has 0 radical (unpaired) electrons. The third kappa shape index (κ3) is 5.48. The molecule has 0 atom stereocenters. The molecule has 1 saturated heterocycles. The molecule has 1 fully saturated rings. The smallest absolute Gasteiger partial charge is 0.127 e. The van der Waals surface area contributed by atoms with Crippen molar-refractivity contribution < 1.29 is 4.39 Å². The Hall–Kier alpha value is -1.01. The van der Waals surface area contributed by atoms with E-state index >= 15 is 0 Å². The van der Waals surface area contributed by atoms with Crippen LogP contribution in [0.2, 0.25) is 5.02 Å². The first kappa shape index (κ1) is 18.8. The van der Waals surface area contributed by atoms with Crippen molar-refractivity contribution in [2.45, 2.75) is 32.7 Å². The molecule has 1 aliphatic heterocycles. The van der Waals surface area contributed by atoms with Crippen LogP contribution >= 0.6 is 22.9 Å². The fourth-order valence-electron chi connectivity index (χ4n) is 3.37. The van der Waals surface area contributed by atoms with Gasteiger partial charge in [0.2, 0.25) is 0 Å². The van der Waals surface area contributed by atoms with E-state index in [4.69, 9.17) is 11.6 Å². The van der Waals surface area contributed by atoms with Crippen LogP contribution in [0.5, 0.6) is 0 Å². The van der Waals surface area contributed by atoms with Gasteiger partial charge in [-0.1, -0.05) is 17.7 Å². The lowest BCUT2D eigenvalue weighted by molar-refractivity contribution is 0.248. The van der Waals surface area contributed by atoms with Crippen LogP contribution in [0.3, 0.4) is 0 Å². The first-order chi connectivity index (χ1) is 12.1. The van der Waals surface area contributed by atoms with Crippen LogP contribution in [0, 0.1) is 12.7 Å². The van der Waals surface area contributed by atoms with Crippen LogP contribution in [0.25, 0.3) is 0 Å². The van der Waals surface area contributed by atoms with E-state index in [0.717, 1.165) is 50.7 Å². The Kier molecular flexibility index (Phi) is 6.82. The number of hydrogen-bond donors (Lipinski definition) is 0. The molecular formula is C19H25ClFN3S. The third-order valence-corrected chi connectivity index (χ3v) is 5.87. The number of nitrogens with zero attached hydrogens (tertiary/aromatic N) is 3.